The number of carbonyl (C=O) groups is 1. The molecule has 1 unspecified atom stereocenters. The number of nitrogens with zero attached hydrogens (tertiary/aromatic N) is 3. The third kappa shape index (κ3) is 4.60. The van der Waals surface area contributed by atoms with Gasteiger partial charge in [0.2, 0.25) is 11.8 Å². The predicted octanol–water partition coefficient (Wildman–Crippen LogP) is 4.66. The summed E-state index contributed by atoms with van der Waals surface area (Å²) in [5, 5.41) is 10.2. The number of hydrogen-bond acceptors (Lipinski definition) is 4. The van der Waals surface area contributed by atoms with Gasteiger partial charge in [-0.05, 0) is 30.7 Å². The molecule has 2 aromatic rings. The van der Waals surface area contributed by atoms with E-state index in [1.165, 1.54) is 6.20 Å². The van der Waals surface area contributed by atoms with Crippen molar-refractivity contribution < 1.29 is 9.53 Å². The van der Waals surface area contributed by atoms with Gasteiger partial charge in [-0.2, -0.15) is 5.26 Å². The van der Waals surface area contributed by atoms with E-state index in [4.69, 9.17) is 33.2 Å². The number of alkyl halides is 1. The Hall–Kier alpha value is -1.81. The highest BCUT2D eigenvalue weighted by Gasteiger charge is 2.40. The summed E-state index contributed by atoms with van der Waals surface area (Å²) < 4.78 is 6.04. The van der Waals surface area contributed by atoms with Gasteiger partial charge in [-0.15, -0.1) is 0 Å². The number of rotatable bonds is 5. The largest absolute Gasteiger partial charge is 0.474 e. The van der Waals surface area contributed by atoms with Gasteiger partial charge in [0, 0.05) is 37.2 Å². The molecule has 1 amide bonds. The summed E-state index contributed by atoms with van der Waals surface area (Å²) in [6, 6.07) is 11.0. The molecule has 1 saturated heterocycles. The van der Waals surface area contributed by atoms with Gasteiger partial charge in [0.05, 0.1) is 20.9 Å². The molecule has 2 heterocycles. The topological polar surface area (TPSA) is 66.2 Å². The number of carbonyl (C=O) groups excluding carboxylic acids is 1. The van der Waals surface area contributed by atoms with Gasteiger partial charge >= 0.3 is 0 Å². The second kappa shape index (κ2) is 9.13. The molecule has 3 atom stereocenters. The number of aromatic nitrogens is 1. The molecule has 1 aromatic heterocycles. The zero-order valence-corrected chi connectivity index (χ0v) is 18.2. The fourth-order valence-electron chi connectivity index (χ4n) is 3.48. The Morgan fingerprint density at radius 2 is 2.14 bits per heavy atom. The molecule has 0 saturated carbocycles. The van der Waals surface area contributed by atoms with Crippen molar-refractivity contribution in [3.63, 3.8) is 0 Å². The fourth-order valence-corrected chi connectivity index (χ4v) is 4.14. The number of amides is 1. The molecule has 0 bridgehead atoms. The normalized spacial score (nSPS) is 19.9. The number of nitriles is 1. The maximum absolute atomic E-state index is 12.3. The first-order chi connectivity index (χ1) is 13.4. The van der Waals surface area contributed by atoms with Crippen molar-refractivity contribution in [2.45, 2.75) is 18.9 Å². The molecule has 0 N–H and O–H groups in total. The molecule has 146 valence electrons. The Kier molecular flexibility index (Phi) is 6.82. The van der Waals surface area contributed by atoms with Crippen LogP contribution in [0, 0.1) is 17.2 Å². The SMILES string of the molecule is C[C@H](Oc1ccc(C#N)cn1)C1CN(C(=O)CBr)C[C@@H]1c1ccc(Cl)c(Cl)c1. The van der Waals surface area contributed by atoms with E-state index in [9.17, 15) is 4.79 Å². The average molecular weight is 483 g/mol. The van der Waals surface area contributed by atoms with E-state index < -0.39 is 0 Å². The first-order valence-corrected chi connectivity index (χ1v) is 10.6. The maximum Gasteiger partial charge on any atom is 0.233 e. The highest BCUT2D eigenvalue weighted by molar-refractivity contribution is 9.09. The Labute approximate surface area is 182 Å². The Morgan fingerprint density at radius 3 is 2.75 bits per heavy atom. The van der Waals surface area contributed by atoms with Gasteiger partial charge in [-0.3, -0.25) is 4.79 Å². The number of hydrogen-bond donors (Lipinski definition) is 0. The monoisotopic (exact) mass is 481 g/mol. The first kappa shape index (κ1) is 20.9. The lowest BCUT2D eigenvalue weighted by molar-refractivity contribution is -0.127. The fraction of sp³-hybridized carbons (Fsp3) is 0.350. The van der Waals surface area contributed by atoms with E-state index in [0.29, 0.717) is 34.6 Å². The molecule has 1 aliphatic rings. The average Bonchev–Trinajstić information content (AvgIpc) is 3.15. The van der Waals surface area contributed by atoms with Gasteiger partial charge < -0.3 is 9.64 Å². The Balaban J connectivity index is 1.84. The molecule has 3 rings (SSSR count). The number of benzene rings is 1. The van der Waals surface area contributed by atoms with Crippen LogP contribution in [0.2, 0.25) is 10.0 Å². The van der Waals surface area contributed by atoms with Crippen molar-refractivity contribution in [3.05, 3.63) is 57.7 Å². The molecule has 0 radical (unpaired) electrons. The Bertz CT molecular complexity index is 901. The van der Waals surface area contributed by atoms with Crippen molar-refractivity contribution in [1.82, 2.24) is 9.88 Å². The summed E-state index contributed by atoms with van der Waals surface area (Å²) in [5.74, 6) is 0.602. The summed E-state index contributed by atoms with van der Waals surface area (Å²) in [5.41, 5.74) is 1.50. The molecule has 0 aliphatic carbocycles. The summed E-state index contributed by atoms with van der Waals surface area (Å²) >= 11 is 15.5. The zero-order valence-electron chi connectivity index (χ0n) is 15.1. The minimum absolute atomic E-state index is 0.0382. The van der Waals surface area contributed by atoms with Crippen LogP contribution in [-0.4, -0.2) is 40.3 Å². The van der Waals surface area contributed by atoms with Crippen LogP contribution in [0.1, 0.15) is 24.0 Å². The van der Waals surface area contributed by atoms with Gasteiger partial charge in [-0.25, -0.2) is 4.98 Å². The van der Waals surface area contributed by atoms with Crippen molar-refractivity contribution in [2.75, 3.05) is 18.4 Å². The van der Waals surface area contributed by atoms with Crippen LogP contribution in [0.3, 0.4) is 0 Å². The molecule has 1 aromatic carbocycles. The molecule has 1 fully saturated rings. The third-order valence-electron chi connectivity index (χ3n) is 4.98. The smallest absolute Gasteiger partial charge is 0.233 e. The van der Waals surface area contributed by atoms with Crippen LogP contribution in [0.25, 0.3) is 0 Å². The van der Waals surface area contributed by atoms with E-state index >= 15 is 0 Å². The van der Waals surface area contributed by atoms with E-state index in [2.05, 4.69) is 20.9 Å². The van der Waals surface area contributed by atoms with Gasteiger partial charge in [-0.1, -0.05) is 45.2 Å². The van der Waals surface area contributed by atoms with Crippen molar-refractivity contribution in [3.8, 4) is 11.9 Å². The Morgan fingerprint density at radius 1 is 1.36 bits per heavy atom. The standard InChI is InChI=1S/C20H18BrCl2N3O2/c1-12(28-19-5-2-13(8-24)9-25-19)15-10-26(20(27)7-21)11-16(15)14-3-4-17(22)18(23)6-14/h2-6,9,12,15-16H,7,10-11H2,1H3/t12-,15?,16+/m0/s1. The van der Waals surface area contributed by atoms with E-state index in [0.717, 1.165) is 5.56 Å². The lowest BCUT2D eigenvalue weighted by Crippen LogP contribution is -2.32. The number of likely N-dealkylation sites (tertiary alicyclic amines) is 1. The van der Waals surface area contributed by atoms with Crippen molar-refractivity contribution >= 4 is 45.0 Å². The molecular weight excluding hydrogens is 465 g/mol. The third-order valence-corrected chi connectivity index (χ3v) is 6.20. The van der Waals surface area contributed by atoms with Crippen molar-refractivity contribution in [2.24, 2.45) is 5.92 Å². The highest BCUT2D eigenvalue weighted by atomic mass is 79.9. The molecule has 28 heavy (non-hydrogen) atoms. The van der Waals surface area contributed by atoms with E-state index in [1.807, 2.05) is 30.0 Å². The van der Waals surface area contributed by atoms with Crippen LogP contribution in [-0.2, 0) is 4.79 Å². The lowest BCUT2D eigenvalue weighted by Gasteiger charge is -2.25. The molecule has 1 aliphatic heterocycles. The van der Waals surface area contributed by atoms with E-state index in [1.54, 1.807) is 18.2 Å². The number of ether oxygens (including phenoxy) is 1. The molecular formula is C20H18BrCl2N3O2. The van der Waals surface area contributed by atoms with Gasteiger partial charge in [0.15, 0.2) is 0 Å². The summed E-state index contributed by atoms with van der Waals surface area (Å²) in [6.45, 7) is 3.13. The van der Waals surface area contributed by atoms with Crippen LogP contribution < -0.4 is 4.74 Å². The minimum atomic E-state index is -0.201. The second-order valence-corrected chi connectivity index (χ2v) is 8.07. The maximum atomic E-state index is 12.3. The van der Waals surface area contributed by atoms with Crippen LogP contribution in [0.5, 0.6) is 5.88 Å². The summed E-state index contributed by atoms with van der Waals surface area (Å²) in [6.07, 6.45) is 1.28. The lowest BCUT2D eigenvalue weighted by atomic mass is 9.86. The van der Waals surface area contributed by atoms with Gasteiger partial charge in [0.1, 0.15) is 12.2 Å². The highest BCUT2D eigenvalue weighted by Crippen LogP contribution is 2.38. The quantitative estimate of drug-likeness (QED) is 0.581. The van der Waals surface area contributed by atoms with Gasteiger partial charge in [0.25, 0.3) is 0 Å². The molecule has 8 heteroatoms. The number of pyridine rings is 1. The van der Waals surface area contributed by atoms with E-state index in [-0.39, 0.29) is 29.2 Å². The number of halogens is 3. The summed E-state index contributed by atoms with van der Waals surface area (Å²) in [4.78, 5) is 18.3. The second-order valence-electron chi connectivity index (χ2n) is 6.70. The molecule has 5 nitrogen and oxygen atoms in total. The predicted molar refractivity (Wildman–Crippen MR) is 112 cm³/mol. The van der Waals surface area contributed by atoms with Crippen molar-refractivity contribution in [1.29, 1.82) is 5.26 Å². The summed E-state index contributed by atoms with van der Waals surface area (Å²) in [7, 11) is 0. The molecule has 0 spiro atoms. The van der Waals surface area contributed by atoms with Crippen LogP contribution in [0.4, 0.5) is 0 Å². The van der Waals surface area contributed by atoms with Crippen LogP contribution >= 0.6 is 39.1 Å². The first-order valence-electron chi connectivity index (χ1n) is 8.74. The zero-order chi connectivity index (χ0) is 20.3. The minimum Gasteiger partial charge on any atom is -0.474 e. The van der Waals surface area contributed by atoms with Crippen LogP contribution in [0.15, 0.2) is 36.5 Å².